The quantitative estimate of drug-likeness (QED) is 0.740. The number of nitrogens with zero attached hydrogens (tertiary/aromatic N) is 1. The molecule has 2 heterocycles. The van der Waals surface area contributed by atoms with Crippen LogP contribution in [0.3, 0.4) is 0 Å². The molecule has 0 N–H and O–H groups in total. The Morgan fingerprint density at radius 2 is 2.13 bits per heavy atom. The van der Waals surface area contributed by atoms with Crippen LogP contribution >= 0.6 is 11.6 Å². The van der Waals surface area contributed by atoms with Crippen LogP contribution in [0, 0.1) is 5.92 Å². The van der Waals surface area contributed by atoms with Crippen molar-refractivity contribution >= 4 is 11.6 Å². The maximum Gasteiger partial charge on any atom is 0.161 e. The summed E-state index contributed by atoms with van der Waals surface area (Å²) in [4.78, 5) is 2.33. The Bertz CT molecular complexity index is 229. The van der Waals surface area contributed by atoms with Gasteiger partial charge in [-0.1, -0.05) is 18.2 Å². The van der Waals surface area contributed by atoms with Gasteiger partial charge < -0.3 is 9.47 Å². The van der Waals surface area contributed by atoms with Gasteiger partial charge in [-0.2, -0.15) is 0 Å². The summed E-state index contributed by atoms with van der Waals surface area (Å²) < 4.78 is 11.1. The normalized spacial score (nSPS) is 29.5. The molecule has 0 unspecified atom stereocenters. The van der Waals surface area contributed by atoms with E-state index in [1.165, 1.54) is 12.8 Å². The molecule has 0 amide bonds. The standard InChI is InChI=1S/C11H18ClNO2/c1-9(12)7-13-4-2-3-10(8-13)11-14-5-6-15-11/h10-11H,1-8H2/t10-/m1/s1. The lowest BCUT2D eigenvalue weighted by Gasteiger charge is -2.34. The number of piperidine rings is 1. The third-order valence-electron chi connectivity index (χ3n) is 2.97. The van der Waals surface area contributed by atoms with E-state index in [9.17, 15) is 0 Å². The number of halogens is 1. The van der Waals surface area contributed by atoms with Gasteiger partial charge in [0.25, 0.3) is 0 Å². The van der Waals surface area contributed by atoms with E-state index >= 15 is 0 Å². The summed E-state index contributed by atoms with van der Waals surface area (Å²) in [5.41, 5.74) is 0. The van der Waals surface area contributed by atoms with E-state index in [1.54, 1.807) is 0 Å². The summed E-state index contributed by atoms with van der Waals surface area (Å²) in [6.07, 6.45) is 2.39. The molecule has 2 aliphatic rings. The highest BCUT2D eigenvalue weighted by molar-refractivity contribution is 6.29. The molecule has 0 spiro atoms. The number of ether oxygens (including phenoxy) is 2. The summed E-state index contributed by atoms with van der Waals surface area (Å²) in [6.45, 7) is 8.11. The van der Waals surface area contributed by atoms with Crippen molar-refractivity contribution in [2.24, 2.45) is 5.92 Å². The summed E-state index contributed by atoms with van der Waals surface area (Å²) in [5, 5.41) is 0.712. The Kier molecular flexibility index (Phi) is 4.03. The summed E-state index contributed by atoms with van der Waals surface area (Å²) in [6, 6.07) is 0. The fourth-order valence-corrected chi connectivity index (χ4v) is 2.52. The first-order valence-electron chi connectivity index (χ1n) is 5.54. The lowest BCUT2D eigenvalue weighted by Crippen LogP contribution is -2.41. The average molecular weight is 232 g/mol. The van der Waals surface area contributed by atoms with Gasteiger partial charge in [-0.15, -0.1) is 0 Å². The minimum atomic E-state index is 0.0105. The molecule has 0 aliphatic carbocycles. The van der Waals surface area contributed by atoms with Gasteiger partial charge in [0.1, 0.15) is 0 Å². The van der Waals surface area contributed by atoms with Gasteiger partial charge in [-0.05, 0) is 19.4 Å². The lowest BCUT2D eigenvalue weighted by atomic mass is 9.97. The monoisotopic (exact) mass is 231 g/mol. The number of rotatable bonds is 3. The second-order valence-corrected chi connectivity index (χ2v) is 4.80. The zero-order valence-electron chi connectivity index (χ0n) is 8.95. The molecule has 1 atom stereocenters. The van der Waals surface area contributed by atoms with Gasteiger partial charge in [-0.25, -0.2) is 0 Å². The summed E-state index contributed by atoms with van der Waals surface area (Å²) in [5.74, 6) is 0.497. The van der Waals surface area contributed by atoms with E-state index in [4.69, 9.17) is 21.1 Å². The zero-order chi connectivity index (χ0) is 10.7. The molecule has 15 heavy (non-hydrogen) atoms. The molecule has 2 rings (SSSR count). The number of likely N-dealkylation sites (tertiary alicyclic amines) is 1. The minimum Gasteiger partial charge on any atom is -0.350 e. The zero-order valence-corrected chi connectivity index (χ0v) is 9.71. The molecule has 0 aromatic heterocycles. The molecule has 86 valence electrons. The highest BCUT2D eigenvalue weighted by Crippen LogP contribution is 2.25. The molecular weight excluding hydrogens is 214 g/mol. The van der Waals surface area contributed by atoms with Crippen molar-refractivity contribution in [1.82, 2.24) is 4.90 Å². The van der Waals surface area contributed by atoms with E-state index in [0.717, 1.165) is 32.8 Å². The Labute approximate surface area is 96.0 Å². The first-order chi connectivity index (χ1) is 7.25. The van der Waals surface area contributed by atoms with Gasteiger partial charge in [0, 0.05) is 24.0 Å². The van der Waals surface area contributed by atoms with Crippen molar-refractivity contribution in [2.75, 3.05) is 32.8 Å². The Morgan fingerprint density at radius 3 is 2.80 bits per heavy atom. The number of hydrogen-bond acceptors (Lipinski definition) is 3. The van der Waals surface area contributed by atoms with Gasteiger partial charge >= 0.3 is 0 Å². The molecule has 4 heteroatoms. The van der Waals surface area contributed by atoms with Crippen LogP contribution in [0.2, 0.25) is 0 Å². The fourth-order valence-electron chi connectivity index (χ4n) is 2.35. The first kappa shape index (κ1) is 11.4. The molecule has 2 saturated heterocycles. The maximum atomic E-state index is 5.82. The third kappa shape index (κ3) is 3.18. The molecule has 0 radical (unpaired) electrons. The molecule has 0 aromatic rings. The van der Waals surface area contributed by atoms with Gasteiger partial charge in [0.2, 0.25) is 0 Å². The highest BCUT2D eigenvalue weighted by Gasteiger charge is 2.30. The van der Waals surface area contributed by atoms with Crippen molar-refractivity contribution in [3.05, 3.63) is 11.6 Å². The van der Waals surface area contributed by atoms with Crippen LogP contribution in [-0.2, 0) is 9.47 Å². The van der Waals surface area contributed by atoms with Gasteiger partial charge in [0.15, 0.2) is 6.29 Å². The second kappa shape index (κ2) is 5.30. The molecule has 3 nitrogen and oxygen atoms in total. The van der Waals surface area contributed by atoms with Crippen molar-refractivity contribution in [2.45, 2.75) is 19.1 Å². The van der Waals surface area contributed by atoms with Crippen LogP contribution in [0.1, 0.15) is 12.8 Å². The molecule has 0 saturated carbocycles. The van der Waals surface area contributed by atoms with Crippen LogP contribution in [0.15, 0.2) is 11.6 Å². The molecule has 2 fully saturated rings. The summed E-state index contributed by atoms with van der Waals surface area (Å²) >= 11 is 5.82. The van der Waals surface area contributed by atoms with Gasteiger partial charge in [0.05, 0.1) is 13.2 Å². The van der Waals surface area contributed by atoms with Crippen LogP contribution in [0.25, 0.3) is 0 Å². The largest absolute Gasteiger partial charge is 0.350 e. The SMILES string of the molecule is C=C(Cl)CN1CCC[C@@H](C2OCCO2)C1. The predicted octanol–water partition coefficient (Wildman–Crippen LogP) is 1.82. The Balaban J connectivity index is 1.83. The van der Waals surface area contributed by atoms with Crippen molar-refractivity contribution in [3.63, 3.8) is 0 Å². The van der Waals surface area contributed by atoms with Crippen LogP contribution in [0.5, 0.6) is 0 Å². The Hall–Kier alpha value is -0.0900. The average Bonchev–Trinajstić information content (AvgIpc) is 2.69. The maximum absolute atomic E-state index is 5.82. The van der Waals surface area contributed by atoms with Crippen LogP contribution in [-0.4, -0.2) is 44.0 Å². The van der Waals surface area contributed by atoms with Crippen molar-refractivity contribution in [1.29, 1.82) is 0 Å². The number of hydrogen-bond donors (Lipinski definition) is 0. The molecule has 2 aliphatic heterocycles. The lowest BCUT2D eigenvalue weighted by molar-refractivity contribution is -0.0992. The van der Waals surface area contributed by atoms with Crippen molar-refractivity contribution in [3.8, 4) is 0 Å². The van der Waals surface area contributed by atoms with E-state index in [1.807, 2.05) is 0 Å². The van der Waals surface area contributed by atoms with Gasteiger partial charge in [-0.3, -0.25) is 4.90 Å². The first-order valence-corrected chi connectivity index (χ1v) is 5.92. The minimum absolute atomic E-state index is 0.0105. The highest BCUT2D eigenvalue weighted by atomic mass is 35.5. The summed E-state index contributed by atoms with van der Waals surface area (Å²) in [7, 11) is 0. The van der Waals surface area contributed by atoms with E-state index in [2.05, 4.69) is 11.5 Å². The predicted molar refractivity (Wildman–Crippen MR) is 59.8 cm³/mol. The van der Waals surface area contributed by atoms with Crippen molar-refractivity contribution < 1.29 is 9.47 Å². The third-order valence-corrected chi connectivity index (χ3v) is 3.09. The Morgan fingerprint density at radius 1 is 1.40 bits per heavy atom. The molecular formula is C11H18ClNO2. The van der Waals surface area contributed by atoms with E-state index in [-0.39, 0.29) is 6.29 Å². The molecule has 0 bridgehead atoms. The second-order valence-electron chi connectivity index (χ2n) is 4.26. The van der Waals surface area contributed by atoms with E-state index in [0.29, 0.717) is 11.0 Å². The topological polar surface area (TPSA) is 21.7 Å². The smallest absolute Gasteiger partial charge is 0.161 e. The van der Waals surface area contributed by atoms with Crippen LogP contribution in [0.4, 0.5) is 0 Å². The van der Waals surface area contributed by atoms with E-state index < -0.39 is 0 Å². The molecule has 0 aromatic carbocycles. The fraction of sp³-hybridized carbons (Fsp3) is 0.818. The van der Waals surface area contributed by atoms with Crippen LogP contribution < -0.4 is 0 Å².